The van der Waals surface area contributed by atoms with Crippen molar-refractivity contribution in [1.29, 1.82) is 0 Å². The van der Waals surface area contributed by atoms with Gasteiger partial charge in [-0.15, -0.1) is 0 Å². The minimum Gasteiger partial charge on any atom is -0.466 e. The van der Waals surface area contributed by atoms with Gasteiger partial charge in [0.2, 0.25) is 0 Å². The fraction of sp³-hybridized carbons (Fsp3) is 0.333. The van der Waals surface area contributed by atoms with E-state index in [-0.39, 0.29) is 12.4 Å². The molecule has 84 valence electrons. The molecule has 2 aromatic heterocycles. The predicted octanol–water partition coefficient (Wildman–Crippen LogP) is 0.892. The van der Waals surface area contributed by atoms with E-state index >= 15 is 0 Å². The zero-order valence-electron chi connectivity index (χ0n) is 8.64. The fourth-order valence-electron chi connectivity index (χ4n) is 1.32. The van der Waals surface area contributed by atoms with Gasteiger partial charge in [-0.2, -0.15) is 0 Å². The third kappa shape index (κ3) is 2.08. The monoisotopic (exact) mass is 238 g/mol. The first kappa shape index (κ1) is 10.7. The molecule has 6 nitrogen and oxygen atoms in total. The summed E-state index contributed by atoms with van der Waals surface area (Å²) in [4.78, 5) is 19.4. The second-order valence-electron chi connectivity index (χ2n) is 3.09. The van der Waals surface area contributed by atoms with E-state index in [0.29, 0.717) is 22.7 Å². The zero-order chi connectivity index (χ0) is 11.5. The van der Waals surface area contributed by atoms with Gasteiger partial charge in [-0.3, -0.25) is 9.89 Å². The molecular weight excluding hydrogens is 228 g/mol. The van der Waals surface area contributed by atoms with E-state index in [0.717, 1.165) is 0 Å². The molecule has 0 atom stereocenters. The predicted molar refractivity (Wildman–Crippen MR) is 58.5 cm³/mol. The molecule has 0 saturated heterocycles. The lowest BCUT2D eigenvalue weighted by Crippen LogP contribution is -2.09. The molecule has 2 rings (SSSR count). The number of hydrogen-bond donors (Lipinski definition) is 1. The third-order valence-electron chi connectivity index (χ3n) is 1.95. The van der Waals surface area contributed by atoms with Gasteiger partial charge < -0.3 is 4.74 Å². The number of fused-ring (bicyclic) bond motifs is 1. The van der Waals surface area contributed by atoms with Crippen LogP contribution in [-0.4, -0.2) is 32.2 Å². The Morgan fingerprint density at radius 3 is 3.25 bits per heavy atom. The van der Waals surface area contributed by atoms with Crippen molar-refractivity contribution < 1.29 is 9.53 Å². The van der Waals surface area contributed by atoms with Crippen LogP contribution >= 0.6 is 12.2 Å². The number of rotatable bonds is 3. The molecule has 0 spiro atoms. The molecular formula is C9H10N4O2S. The molecule has 0 radical (unpaired) electrons. The van der Waals surface area contributed by atoms with Crippen LogP contribution in [0.2, 0.25) is 0 Å². The highest BCUT2D eigenvalue weighted by molar-refractivity contribution is 7.71. The molecule has 0 aliphatic rings. The van der Waals surface area contributed by atoms with Crippen molar-refractivity contribution in [2.45, 2.75) is 13.3 Å². The number of carbonyl (C=O) groups is 1. The molecule has 0 aliphatic heterocycles. The largest absolute Gasteiger partial charge is 0.466 e. The van der Waals surface area contributed by atoms with E-state index in [1.807, 2.05) is 0 Å². The van der Waals surface area contributed by atoms with Crippen LogP contribution in [0.1, 0.15) is 12.6 Å². The summed E-state index contributed by atoms with van der Waals surface area (Å²) in [6.07, 6.45) is 1.60. The van der Waals surface area contributed by atoms with Gasteiger partial charge in [0.05, 0.1) is 18.7 Å². The molecule has 16 heavy (non-hydrogen) atoms. The molecule has 2 aromatic rings. The lowest BCUT2D eigenvalue weighted by molar-refractivity contribution is -0.142. The van der Waals surface area contributed by atoms with Crippen LogP contribution in [0, 0.1) is 4.64 Å². The number of hydrogen-bond acceptors (Lipinski definition) is 5. The average Bonchev–Trinajstić information content (AvgIpc) is 2.66. The molecule has 0 bridgehead atoms. The van der Waals surface area contributed by atoms with E-state index in [9.17, 15) is 4.79 Å². The maximum atomic E-state index is 11.3. The highest BCUT2D eigenvalue weighted by Gasteiger charge is 2.07. The van der Waals surface area contributed by atoms with Gasteiger partial charge in [-0.25, -0.2) is 14.5 Å². The Morgan fingerprint density at radius 2 is 2.50 bits per heavy atom. The summed E-state index contributed by atoms with van der Waals surface area (Å²) in [5.41, 5.74) is 0.565. The van der Waals surface area contributed by atoms with Crippen LogP contribution in [0.4, 0.5) is 0 Å². The van der Waals surface area contributed by atoms with Crippen molar-refractivity contribution in [2.24, 2.45) is 0 Å². The van der Waals surface area contributed by atoms with Crippen LogP contribution in [0.5, 0.6) is 0 Å². The summed E-state index contributed by atoms with van der Waals surface area (Å²) in [5, 5.41) is 2.82. The van der Waals surface area contributed by atoms with Crippen LogP contribution < -0.4 is 0 Å². The Kier molecular flexibility index (Phi) is 2.95. The Balaban J connectivity index is 2.31. The van der Waals surface area contributed by atoms with Gasteiger partial charge in [0.25, 0.3) is 5.78 Å². The molecule has 0 unspecified atom stereocenters. The fourth-order valence-corrected chi connectivity index (χ4v) is 1.59. The van der Waals surface area contributed by atoms with Crippen molar-refractivity contribution in [3.8, 4) is 0 Å². The Bertz CT molecular complexity index is 574. The molecule has 1 N–H and O–H groups in total. The quantitative estimate of drug-likeness (QED) is 0.635. The Hall–Kier alpha value is -1.76. The second-order valence-corrected chi connectivity index (χ2v) is 3.51. The van der Waals surface area contributed by atoms with Crippen LogP contribution in [0.3, 0.4) is 0 Å². The topological polar surface area (TPSA) is 72.3 Å². The number of nitrogens with zero attached hydrogens (tertiary/aromatic N) is 3. The first-order valence-corrected chi connectivity index (χ1v) is 5.19. The number of carbonyl (C=O) groups excluding carboxylic acids is 1. The summed E-state index contributed by atoms with van der Waals surface area (Å²) < 4.78 is 6.92. The van der Waals surface area contributed by atoms with Gasteiger partial charge in [0.1, 0.15) is 11.0 Å². The highest BCUT2D eigenvalue weighted by atomic mass is 32.1. The lowest BCUT2D eigenvalue weighted by Gasteiger charge is -2.01. The lowest BCUT2D eigenvalue weighted by atomic mass is 10.3. The summed E-state index contributed by atoms with van der Waals surface area (Å²) in [5.74, 6) is 0.135. The number of aromatic nitrogens is 4. The van der Waals surface area contributed by atoms with Crippen LogP contribution in [0.15, 0.2) is 12.4 Å². The van der Waals surface area contributed by atoms with Crippen LogP contribution in [-0.2, 0) is 16.0 Å². The van der Waals surface area contributed by atoms with Gasteiger partial charge in [0, 0.05) is 0 Å². The third-order valence-corrected chi connectivity index (χ3v) is 2.25. The molecule has 0 aliphatic carbocycles. The SMILES string of the molecule is CCOC(=O)Cc1cc(=S)n2[nH]cnc2n1. The summed E-state index contributed by atoms with van der Waals surface area (Å²) in [6, 6.07) is 1.65. The van der Waals surface area contributed by atoms with Crippen molar-refractivity contribution in [2.75, 3.05) is 6.61 Å². The Labute approximate surface area is 96.3 Å². The minimum absolute atomic E-state index is 0.112. The van der Waals surface area contributed by atoms with Gasteiger partial charge >= 0.3 is 5.97 Å². The number of ether oxygens (including phenoxy) is 1. The number of H-pyrrole nitrogens is 1. The zero-order valence-corrected chi connectivity index (χ0v) is 9.45. The standard InChI is InChI=1S/C9H10N4O2S/c1-2-15-8(14)4-6-3-7(16)13-9(12-6)10-5-11-13/h3,5H,2,4H2,1H3,(H,10,11,12). The summed E-state index contributed by atoms with van der Waals surface area (Å²) in [6.45, 7) is 2.12. The molecule has 0 amide bonds. The van der Waals surface area contributed by atoms with Crippen molar-refractivity contribution in [1.82, 2.24) is 19.6 Å². The maximum absolute atomic E-state index is 11.3. The molecule has 0 fully saturated rings. The smallest absolute Gasteiger partial charge is 0.311 e. The highest BCUT2D eigenvalue weighted by Crippen LogP contribution is 2.02. The normalized spacial score (nSPS) is 10.6. The maximum Gasteiger partial charge on any atom is 0.311 e. The van der Waals surface area contributed by atoms with Crippen molar-refractivity contribution in [3.05, 3.63) is 22.7 Å². The van der Waals surface area contributed by atoms with Crippen molar-refractivity contribution >= 4 is 24.0 Å². The van der Waals surface area contributed by atoms with E-state index < -0.39 is 0 Å². The first-order chi connectivity index (χ1) is 7.70. The van der Waals surface area contributed by atoms with E-state index in [1.54, 1.807) is 17.5 Å². The summed E-state index contributed by atoms with van der Waals surface area (Å²) in [7, 11) is 0. The first-order valence-electron chi connectivity index (χ1n) is 4.78. The molecule has 0 saturated carbocycles. The number of esters is 1. The number of aromatic amines is 1. The molecule has 7 heteroatoms. The van der Waals surface area contributed by atoms with E-state index in [2.05, 4.69) is 15.1 Å². The van der Waals surface area contributed by atoms with E-state index in [1.165, 1.54) is 6.33 Å². The second kappa shape index (κ2) is 4.40. The Morgan fingerprint density at radius 1 is 1.69 bits per heavy atom. The number of nitrogens with one attached hydrogen (secondary N) is 1. The van der Waals surface area contributed by atoms with Gasteiger partial charge in [-0.1, -0.05) is 12.2 Å². The summed E-state index contributed by atoms with van der Waals surface area (Å²) >= 11 is 5.11. The van der Waals surface area contributed by atoms with Gasteiger partial charge in [-0.05, 0) is 13.0 Å². The minimum atomic E-state index is -0.315. The average molecular weight is 238 g/mol. The molecule has 2 heterocycles. The van der Waals surface area contributed by atoms with Crippen molar-refractivity contribution in [3.63, 3.8) is 0 Å². The van der Waals surface area contributed by atoms with Crippen LogP contribution in [0.25, 0.3) is 5.78 Å². The van der Waals surface area contributed by atoms with E-state index in [4.69, 9.17) is 17.0 Å². The molecule has 0 aromatic carbocycles. The van der Waals surface area contributed by atoms with Gasteiger partial charge in [0.15, 0.2) is 0 Å².